The Balaban J connectivity index is 3.28. The number of methoxy groups -OCH3 is 1. The molecule has 0 saturated carbocycles. The highest BCUT2D eigenvalue weighted by Gasteiger charge is 2.09. The van der Waals surface area contributed by atoms with Gasteiger partial charge in [-0.1, -0.05) is 11.6 Å². The van der Waals surface area contributed by atoms with E-state index in [9.17, 15) is 0 Å². The molecule has 1 rings (SSSR count). The Morgan fingerprint density at radius 2 is 2.17 bits per heavy atom. The number of ether oxygens (including phenoxy) is 1. The average molecular weight is 317 g/mol. The first-order valence-electron chi connectivity index (χ1n) is 3.27. The van der Waals surface area contributed by atoms with Crippen LogP contribution in [0.2, 0.25) is 5.02 Å². The second-order valence-electron chi connectivity index (χ2n) is 2.17. The van der Waals surface area contributed by atoms with Crippen molar-refractivity contribution in [2.24, 2.45) is 0 Å². The van der Waals surface area contributed by atoms with Gasteiger partial charge in [0, 0.05) is 10.6 Å². The molecule has 1 aromatic carbocycles. The van der Waals surface area contributed by atoms with Crippen LogP contribution in [0.3, 0.4) is 0 Å². The van der Waals surface area contributed by atoms with E-state index < -0.39 is 0 Å². The van der Waals surface area contributed by atoms with Crippen LogP contribution in [0.15, 0.2) is 12.1 Å². The Labute approximate surface area is 95.1 Å². The van der Waals surface area contributed by atoms with Crippen molar-refractivity contribution < 1.29 is 4.74 Å². The lowest BCUT2D eigenvalue weighted by Gasteiger charge is -2.09. The molecule has 0 aliphatic rings. The van der Waals surface area contributed by atoms with Gasteiger partial charge in [-0.25, -0.2) is 0 Å². The van der Waals surface area contributed by atoms with E-state index in [1.165, 1.54) is 0 Å². The molecule has 0 aliphatic carbocycles. The van der Waals surface area contributed by atoms with E-state index in [0.717, 1.165) is 14.9 Å². The van der Waals surface area contributed by atoms with Crippen LogP contribution >= 0.6 is 45.8 Å². The van der Waals surface area contributed by atoms with Gasteiger partial charge < -0.3 is 4.74 Å². The normalized spacial score (nSPS) is 10.0. The maximum absolute atomic E-state index is 5.91. The summed E-state index contributed by atoms with van der Waals surface area (Å²) in [6.45, 7) is 0. The summed E-state index contributed by atoms with van der Waals surface area (Å²) in [4.78, 5) is 0. The van der Waals surface area contributed by atoms with Crippen molar-refractivity contribution >= 4 is 45.8 Å². The summed E-state index contributed by atoms with van der Waals surface area (Å²) < 4.78 is 6.19. The summed E-state index contributed by atoms with van der Waals surface area (Å²) >= 11 is 13.8. The van der Waals surface area contributed by atoms with Crippen molar-refractivity contribution in [2.75, 3.05) is 7.11 Å². The van der Waals surface area contributed by atoms with E-state index in [4.69, 9.17) is 27.9 Å². The van der Waals surface area contributed by atoms with Crippen LogP contribution in [0.25, 0.3) is 0 Å². The number of halogens is 3. The smallest absolute Gasteiger partial charge is 0.138 e. The molecule has 0 spiro atoms. The van der Waals surface area contributed by atoms with Gasteiger partial charge in [-0.2, -0.15) is 0 Å². The molecule has 0 heterocycles. The molecular weight excluding hydrogens is 310 g/mol. The molecule has 0 fully saturated rings. The van der Waals surface area contributed by atoms with Crippen LogP contribution in [-0.2, 0) is 5.88 Å². The van der Waals surface area contributed by atoms with Crippen LogP contribution < -0.4 is 4.74 Å². The van der Waals surface area contributed by atoms with Crippen molar-refractivity contribution in [1.82, 2.24) is 0 Å². The molecule has 0 amide bonds. The number of hydrogen-bond acceptors (Lipinski definition) is 1. The molecule has 0 atom stereocenters. The zero-order valence-corrected chi connectivity index (χ0v) is 10.1. The molecule has 0 saturated heterocycles. The van der Waals surface area contributed by atoms with E-state index in [1.807, 2.05) is 12.1 Å². The first kappa shape index (κ1) is 10.4. The highest BCUT2D eigenvalue weighted by Crippen LogP contribution is 2.32. The third kappa shape index (κ3) is 1.98. The zero-order valence-electron chi connectivity index (χ0n) is 6.40. The van der Waals surface area contributed by atoms with Crippen LogP contribution in [0.1, 0.15) is 5.56 Å². The molecule has 0 radical (unpaired) electrons. The lowest BCUT2D eigenvalue weighted by atomic mass is 10.2. The fraction of sp³-hybridized carbons (Fsp3) is 0.250. The lowest BCUT2D eigenvalue weighted by Crippen LogP contribution is -1.93. The SMILES string of the molecule is COc1c(I)ccc(Cl)c1CCl. The van der Waals surface area contributed by atoms with Gasteiger partial charge in [-0.3, -0.25) is 0 Å². The minimum absolute atomic E-state index is 0.374. The maximum atomic E-state index is 5.91. The van der Waals surface area contributed by atoms with Crippen LogP contribution in [-0.4, -0.2) is 7.11 Å². The Bertz CT molecular complexity index is 260. The van der Waals surface area contributed by atoms with Crippen molar-refractivity contribution in [1.29, 1.82) is 0 Å². The summed E-state index contributed by atoms with van der Waals surface area (Å²) in [6, 6.07) is 3.72. The lowest BCUT2D eigenvalue weighted by molar-refractivity contribution is 0.408. The standard InChI is InChI=1S/C8H7Cl2IO/c1-12-8-5(4-9)6(10)2-3-7(8)11/h2-3H,4H2,1H3. The third-order valence-electron chi connectivity index (χ3n) is 1.49. The van der Waals surface area contributed by atoms with E-state index >= 15 is 0 Å². The van der Waals surface area contributed by atoms with Crippen molar-refractivity contribution in [3.05, 3.63) is 26.3 Å². The molecule has 1 nitrogen and oxygen atoms in total. The van der Waals surface area contributed by atoms with Gasteiger partial charge in [-0.15, -0.1) is 11.6 Å². The molecular formula is C8H7Cl2IO. The Morgan fingerprint density at radius 3 is 2.58 bits per heavy atom. The molecule has 1 aromatic rings. The summed E-state index contributed by atoms with van der Waals surface area (Å²) in [5, 5.41) is 0.655. The zero-order chi connectivity index (χ0) is 9.14. The first-order chi connectivity index (χ1) is 5.70. The third-order valence-corrected chi connectivity index (χ3v) is 2.96. The highest BCUT2D eigenvalue weighted by molar-refractivity contribution is 14.1. The van der Waals surface area contributed by atoms with Gasteiger partial charge in [0.2, 0.25) is 0 Å². The first-order valence-corrected chi connectivity index (χ1v) is 5.26. The van der Waals surface area contributed by atoms with E-state index in [1.54, 1.807) is 7.11 Å². The number of rotatable bonds is 2. The highest BCUT2D eigenvalue weighted by atomic mass is 127. The van der Waals surface area contributed by atoms with Crippen LogP contribution in [0, 0.1) is 3.57 Å². The molecule has 0 aliphatic heterocycles. The summed E-state index contributed by atoms with van der Waals surface area (Å²) in [7, 11) is 1.61. The van der Waals surface area contributed by atoms with Crippen molar-refractivity contribution in [3.63, 3.8) is 0 Å². The fourth-order valence-corrected chi connectivity index (χ4v) is 2.20. The van der Waals surface area contributed by atoms with Gasteiger partial charge in [0.25, 0.3) is 0 Å². The monoisotopic (exact) mass is 316 g/mol. The van der Waals surface area contributed by atoms with Gasteiger partial charge in [0.1, 0.15) is 5.75 Å². The van der Waals surface area contributed by atoms with Gasteiger partial charge in [-0.05, 0) is 34.7 Å². The molecule has 0 unspecified atom stereocenters. The Morgan fingerprint density at radius 1 is 1.50 bits per heavy atom. The van der Waals surface area contributed by atoms with Crippen LogP contribution in [0.4, 0.5) is 0 Å². The molecule has 0 aromatic heterocycles. The topological polar surface area (TPSA) is 9.23 Å². The van der Waals surface area contributed by atoms with Crippen molar-refractivity contribution in [3.8, 4) is 5.75 Å². The molecule has 4 heteroatoms. The largest absolute Gasteiger partial charge is 0.495 e. The van der Waals surface area contributed by atoms with E-state index in [-0.39, 0.29) is 0 Å². The average Bonchev–Trinajstić information content (AvgIpc) is 2.08. The molecule has 66 valence electrons. The molecule has 0 N–H and O–H groups in total. The summed E-state index contributed by atoms with van der Waals surface area (Å²) in [5.74, 6) is 1.15. The summed E-state index contributed by atoms with van der Waals surface area (Å²) in [5.41, 5.74) is 0.854. The second kappa shape index (κ2) is 4.53. The van der Waals surface area contributed by atoms with E-state index in [0.29, 0.717) is 10.9 Å². The predicted molar refractivity (Wildman–Crippen MR) is 60.3 cm³/mol. The second-order valence-corrected chi connectivity index (χ2v) is 4.01. The molecule has 12 heavy (non-hydrogen) atoms. The summed E-state index contributed by atoms with van der Waals surface area (Å²) in [6.07, 6.45) is 0. The minimum atomic E-state index is 0.374. The Kier molecular flexibility index (Phi) is 3.93. The molecule has 0 bridgehead atoms. The number of benzene rings is 1. The fourth-order valence-electron chi connectivity index (χ4n) is 0.920. The van der Waals surface area contributed by atoms with Gasteiger partial charge in [0.15, 0.2) is 0 Å². The van der Waals surface area contributed by atoms with E-state index in [2.05, 4.69) is 22.6 Å². The quantitative estimate of drug-likeness (QED) is 0.597. The van der Waals surface area contributed by atoms with Crippen molar-refractivity contribution in [2.45, 2.75) is 5.88 Å². The maximum Gasteiger partial charge on any atom is 0.138 e. The number of hydrogen-bond donors (Lipinski definition) is 0. The number of alkyl halides is 1. The van der Waals surface area contributed by atoms with Gasteiger partial charge >= 0.3 is 0 Å². The minimum Gasteiger partial charge on any atom is -0.495 e. The predicted octanol–water partition coefficient (Wildman–Crippen LogP) is 3.69. The van der Waals surface area contributed by atoms with Crippen LogP contribution in [0.5, 0.6) is 5.75 Å². The Hall–Kier alpha value is 0.330. The van der Waals surface area contributed by atoms with Gasteiger partial charge in [0.05, 0.1) is 16.6 Å².